The van der Waals surface area contributed by atoms with Gasteiger partial charge in [-0.05, 0) is 22.9 Å². The van der Waals surface area contributed by atoms with Gasteiger partial charge in [0.2, 0.25) is 0 Å². The molecule has 2 rings (SSSR count). The van der Waals surface area contributed by atoms with E-state index in [0.717, 1.165) is 10.8 Å². The van der Waals surface area contributed by atoms with E-state index < -0.39 is 12.6 Å². The minimum Gasteiger partial charge on any atom is -0.454 e. The van der Waals surface area contributed by atoms with Crippen LogP contribution in [0.2, 0.25) is 0 Å². The van der Waals surface area contributed by atoms with E-state index in [4.69, 9.17) is 4.74 Å². The van der Waals surface area contributed by atoms with E-state index in [1.54, 1.807) is 24.3 Å². The number of nitrogens with zero attached hydrogens (tertiary/aromatic N) is 1. The highest BCUT2D eigenvalue weighted by Gasteiger charge is 2.14. The third-order valence-corrected chi connectivity index (χ3v) is 3.81. The van der Waals surface area contributed by atoms with Crippen molar-refractivity contribution >= 4 is 28.6 Å². The lowest BCUT2D eigenvalue weighted by atomic mass is 10.1. The summed E-state index contributed by atoms with van der Waals surface area (Å²) in [5.41, 5.74) is 0.445. The number of ether oxygens (including phenoxy) is 1. The molecule has 0 radical (unpaired) electrons. The molecule has 0 heterocycles. The van der Waals surface area contributed by atoms with Crippen molar-refractivity contribution in [2.75, 3.05) is 26.2 Å². The Labute approximate surface area is 158 Å². The molecular weight excluding hydrogens is 344 g/mol. The monoisotopic (exact) mass is 366 g/mol. The van der Waals surface area contributed by atoms with Crippen LogP contribution in [0.1, 0.15) is 10.4 Å². The summed E-state index contributed by atoms with van der Waals surface area (Å²) in [7, 11) is 0. The molecule has 0 bridgehead atoms. The van der Waals surface area contributed by atoms with E-state index >= 15 is 0 Å². The van der Waals surface area contributed by atoms with Gasteiger partial charge in [0.25, 0.3) is 11.8 Å². The second-order valence-corrected chi connectivity index (χ2v) is 5.78. The molecule has 6 heteroatoms. The normalized spacial score (nSPS) is 10.1. The van der Waals surface area contributed by atoms with Crippen molar-refractivity contribution in [1.82, 2.24) is 10.2 Å². The van der Waals surface area contributed by atoms with E-state index in [1.807, 2.05) is 30.3 Å². The molecule has 2 aromatic carbocycles. The van der Waals surface area contributed by atoms with E-state index in [1.165, 1.54) is 4.90 Å². The van der Waals surface area contributed by atoms with E-state index in [9.17, 15) is 14.4 Å². The lowest BCUT2D eigenvalue weighted by molar-refractivity contribution is -0.150. The summed E-state index contributed by atoms with van der Waals surface area (Å²) in [6.07, 6.45) is 3.15. The minimum atomic E-state index is -0.686. The second-order valence-electron chi connectivity index (χ2n) is 5.78. The average molecular weight is 366 g/mol. The number of hydrogen-bond acceptors (Lipinski definition) is 4. The molecule has 1 N–H and O–H groups in total. The number of carbonyl (C=O) groups is 3. The van der Waals surface area contributed by atoms with Crippen LogP contribution in [0.25, 0.3) is 10.8 Å². The highest BCUT2D eigenvalue weighted by molar-refractivity contribution is 5.99. The van der Waals surface area contributed by atoms with E-state index in [2.05, 4.69) is 18.5 Å². The van der Waals surface area contributed by atoms with Gasteiger partial charge < -0.3 is 15.0 Å². The van der Waals surface area contributed by atoms with Gasteiger partial charge in [-0.15, -0.1) is 13.2 Å². The Morgan fingerprint density at radius 3 is 2.33 bits per heavy atom. The zero-order valence-corrected chi connectivity index (χ0v) is 15.0. The van der Waals surface area contributed by atoms with Gasteiger partial charge in [0.05, 0.1) is 0 Å². The number of amides is 2. The van der Waals surface area contributed by atoms with Crippen molar-refractivity contribution in [2.24, 2.45) is 0 Å². The van der Waals surface area contributed by atoms with Crippen LogP contribution in [0.15, 0.2) is 67.8 Å². The predicted octanol–water partition coefficient (Wildman–Crippen LogP) is 2.31. The number of fused-ring (bicyclic) bond motifs is 1. The Hall–Kier alpha value is -3.41. The zero-order valence-electron chi connectivity index (χ0n) is 15.0. The van der Waals surface area contributed by atoms with Crippen LogP contribution in [0, 0.1) is 0 Å². The van der Waals surface area contributed by atoms with Crippen molar-refractivity contribution in [2.45, 2.75) is 0 Å². The van der Waals surface area contributed by atoms with Crippen LogP contribution in [-0.2, 0) is 14.3 Å². The van der Waals surface area contributed by atoms with Crippen LogP contribution in [0.5, 0.6) is 0 Å². The van der Waals surface area contributed by atoms with Crippen molar-refractivity contribution in [3.8, 4) is 0 Å². The van der Waals surface area contributed by atoms with Crippen LogP contribution in [0.4, 0.5) is 0 Å². The van der Waals surface area contributed by atoms with Crippen LogP contribution >= 0.6 is 0 Å². The quantitative estimate of drug-likeness (QED) is 0.546. The lowest BCUT2D eigenvalue weighted by Gasteiger charge is -2.18. The maximum Gasteiger partial charge on any atom is 0.325 e. The van der Waals surface area contributed by atoms with Gasteiger partial charge in [-0.1, -0.05) is 42.5 Å². The molecule has 0 aromatic heterocycles. The molecule has 0 atom stereocenters. The maximum absolute atomic E-state index is 12.2. The van der Waals surface area contributed by atoms with Gasteiger partial charge in [0.15, 0.2) is 6.61 Å². The Bertz CT molecular complexity index is 850. The fraction of sp³-hybridized carbons (Fsp3) is 0.190. The average Bonchev–Trinajstić information content (AvgIpc) is 2.69. The molecular formula is C21H22N2O4. The third kappa shape index (κ3) is 5.81. The van der Waals surface area contributed by atoms with E-state index in [-0.39, 0.29) is 18.4 Å². The first-order valence-corrected chi connectivity index (χ1v) is 8.47. The Morgan fingerprint density at radius 1 is 1.00 bits per heavy atom. The molecule has 0 aliphatic rings. The molecule has 0 unspecified atom stereocenters. The van der Waals surface area contributed by atoms with Crippen LogP contribution in [0.3, 0.4) is 0 Å². The lowest BCUT2D eigenvalue weighted by Crippen LogP contribution is -2.37. The van der Waals surface area contributed by atoms with Gasteiger partial charge in [-0.2, -0.15) is 0 Å². The molecule has 0 saturated carbocycles. The molecule has 0 spiro atoms. The SMILES string of the molecule is C=CCN(CC=C)C(=O)COC(=O)CNC(=O)c1ccc2ccccc2c1. The number of hydrogen-bond donors (Lipinski definition) is 1. The molecule has 2 amide bonds. The molecule has 0 aliphatic heterocycles. The molecule has 27 heavy (non-hydrogen) atoms. The molecule has 2 aromatic rings. The maximum atomic E-state index is 12.2. The number of carbonyl (C=O) groups excluding carboxylic acids is 3. The standard InChI is InChI=1S/C21H22N2O4/c1-3-11-23(12-4-2)19(24)15-27-20(25)14-22-21(26)18-10-9-16-7-5-6-8-17(16)13-18/h3-10,13H,1-2,11-12,14-15H2,(H,22,26). The van der Waals surface area contributed by atoms with Crippen molar-refractivity contribution in [1.29, 1.82) is 0 Å². The topological polar surface area (TPSA) is 75.7 Å². The molecule has 0 fully saturated rings. The van der Waals surface area contributed by atoms with Crippen LogP contribution in [-0.4, -0.2) is 48.9 Å². The summed E-state index contributed by atoms with van der Waals surface area (Å²) in [5, 5.41) is 4.45. The highest BCUT2D eigenvalue weighted by atomic mass is 16.5. The third-order valence-electron chi connectivity index (χ3n) is 3.81. The summed E-state index contributed by atoms with van der Waals surface area (Å²) < 4.78 is 4.92. The Balaban J connectivity index is 1.83. The Kier molecular flexibility index (Phi) is 7.31. The Morgan fingerprint density at radius 2 is 1.67 bits per heavy atom. The summed E-state index contributed by atoms with van der Waals surface area (Å²) in [4.78, 5) is 37.4. The summed E-state index contributed by atoms with van der Waals surface area (Å²) in [6.45, 7) is 7.10. The predicted molar refractivity (Wildman–Crippen MR) is 104 cm³/mol. The summed E-state index contributed by atoms with van der Waals surface area (Å²) in [5.74, 6) is -1.43. The molecule has 0 aliphatic carbocycles. The minimum absolute atomic E-state index is 0.318. The number of benzene rings is 2. The largest absolute Gasteiger partial charge is 0.454 e. The summed E-state index contributed by atoms with van der Waals surface area (Å²) >= 11 is 0. The van der Waals surface area contributed by atoms with Crippen molar-refractivity contribution < 1.29 is 19.1 Å². The second kappa shape index (κ2) is 9.91. The smallest absolute Gasteiger partial charge is 0.325 e. The van der Waals surface area contributed by atoms with E-state index in [0.29, 0.717) is 18.7 Å². The van der Waals surface area contributed by atoms with Crippen molar-refractivity contribution in [3.63, 3.8) is 0 Å². The van der Waals surface area contributed by atoms with Crippen molar-refractivity contribution in [3.05, 3.63) is 73.3 Å². The fourth-order valence-corrected chi connectivity index (χ4v) is 2.46. The molecule has 6 nitrogen and oxygen atoms in total. The van der Waals surface area contributed by atoms with Gasteiger partial charge in [0.1, 0.15) is 6.54 Å². The number of rotatable bonds is 9. The summed E-state index contributed by atoms with van der Waals surface area (Å²) in [6, 6.07) is 13.0. The number of esters is 1. The van der Waals surface area contributed by atoms with Gasteiger partial charge >= 0.3 is 5.97 Å². The first kappa shape index (κ1) is 19.9. The van der Waals surface area contributed by atoms with Gasteiger partial charge in [-0.3, -0.25) is 14.4 Å². The van der Waals surface area contributed by atoms with Gasteiger partial charge in [-0.25, -0.2) is 0 Å². The van der Waals surface area contributed by atoms with Gasteiger partial charge in [0, 0.05) is 18.7 Å². The first-order chi connectivity index (χ1) is 13.0. The van der Waals surface area contributed by atoms with Crippen LogP contribution < -0.4 is 5.32 Å². The molecule has 140 valence electrons. The molecule has 0 saturated heterocycles. The fourth-order valence-electron chi connectivity index (χ4n) is 2.46. The number of nitrogens with one attached hydrogen (secondary N) is 1. The highest BCUT2D eigenvalue weighted by Crippen LogP contribution is 2.15. The zero-order chi connectivity index (χ0) is 19.6. The first-order valence-electron chi connectivity index (χ1n) is 8.47.